The molecule has 0 spiro atoms. The maximum atomic E-state index is 14.9. The van der Waals surface area contributed by atoms with E-state index in [0.29, 0.717) is 54.1 Å². The van der Waals surface area contributed by atoms with Gasteiger partial charge in [-0.2, -0.15) is 4.98 Å². The Morgan fingerprint density at radius 1 is 1.00 bits per heavy atom. The van der Waals surface area contributed by atoms with Crippen LogP contribution in [0.1, 0.15) is 95.0 Å². The van der Waals surface area contributed by atoms with E-state index in [9.17, 15) is 13.9 Å². The van der Waals surface area contributed by atoms with Gasteiger partial charge < -0.3 is 14.4 Å². The first-order valence-corrected chi connectivity index (χ1v) is 20.0. The predicted octanol–water partition coefficient (Wildman–Crippen LogP) is 9.16. The summed E-state index contributed by atoms with van der Waals surface area (Å²) < 4.78 is 38.1. The van der Waals surface area contributed by atoms with Crippen molar-refractivity contribution in [3.63, 3.8) is 0 Å². The van der Waals surface area contributed by atoms with Crippen LogP contribution >= 0.6 is 10.8 Å². The number of benzene rings is 2. The Hall–Kier alpha value is -4.26. The maximum Gasteiger partial charge on any atom is 0.254 e. The highest BCUT2D eigenvalue weighted by atomic mass is 32.3. The summed E-state index contributed by atoms with van der Waals surface area (Å²) >= 11 is 0. The standard InChI is InChI=1S/C40H52N6O5S.H2/c1-25(2)16-17-29-12-8-14-31(21-36-41-23-32(24-42-36)51-26(3)4)46-35(29)18-19-50-37-22-34(38-27(5)10-7-11-28(38)6)43-40(44-37)45-52(48,49)33-15-9-13-30(20-33)39(46)47;/h7,9-11,13,15,20,22-26,29,31,35,48-49H,8,12,14,16-19,21H2,1-6H3,(H,43,44,45);1H. The van der Waals surface area contributed by atoms with Crippen molar-refractivity contribution < 1.29 is 24.8 Å². The van der Waals surface area contributed by atoms with Crippen LogP contribution in [0.4, 0.5) is 5.95 Å². The molecule has 1 saturated heterocycles. The molecular weight excluding hydrogens is 677 g/mol. The third kappa shape index (κ3) is 8.85. The number of carbonyl (C=O) groups is 1. The van der Waals surface area contributed by atoms with Crippen LogP contribution in [-0.4, -0.2) is 64.6 Å². The molecule has 12 heteroatoms. The Balaban J connectivity index is 0.00000541. The number of anilines is 1. The van der Waals surface area contributed by atoms with Crippen LogP contribution in [0.15, 0.2) is 65.8 Å². The summed E-state index contributed by atoms with van der Waals surface area (Å²) in [6, 6.07) is 14.1. The molecule has 2 aliphatic rings. The van der Waals surface area contributed by atoms with Crippen molar-refractivity contribution in [3.05, 3.63) is 83.4 Å². The molecule has 4 bridgehead atoms. The number of fused-ring (bicyclic) bond motifs is 5. The Bertz CT molecular complexity index is 1840. The molecule has 6 rings (SSSR count). The van der Waals surface area contributed by atoms with E-state index in [0.717, 1.165) is 48.8 Å². The fraction of sp³-hybridized carbons (Fsp3) is 0.475. The number of hydrogen-bond acceptors (Lipinski definition) is 10. The fourth-order valence-corrected chi connectivity index (χ4v) is 8.55. The molecule has 2 aromatic heterocycles. The summed E-state index contributed by atoms with van der Waals surface area (Å²) in [7, 11) is -3.68. The van der Waals surface area contributed by atoms with Crippen LogP contribution in [0.25, 0.3) is 11.3 Å². The highest BCUT2D eigenvalue weighted by molar-refractivity contribution is 8.25. The van der Waals surface area contributed by atoms with Gasteiger partial charge in [0.1, 0.15) is 5.82 Å². The quantitative estimate of drug-likeness (QED) is 0.161. The van der Waals surface area contributed by atoms with E-state index in [1.807, 2.05) is 50.8 Å². The summed E-state index contributed by atoms with van der Waals surface area (Å²) in [6.45, 7) is 12.7. The van der Waals surface area contributed by atoms with Gasteiger partial charge >= 0.3 is 0 Å². The summed E-state index contributed by atoms with van der Waals surface area (Å²) in [5, 5.41) is 0. The molecule has 3 atom stereocenters. The molecule has 11 nitrogen and oxygen atoms in total. The van der Waals surface area contributed by atoms with Crippen molar-refractivity contribution in [2.24, 2.45) is 11.8 Å². The van der Waals surface area contributed by atoms with Gasteiger partial charge in [-0.3, -0.25) is 13.9 Å². The number of aromatic nitrogens is 4. The van der Waals surface area contributed by atoms with Crippen molar-refractivity contribution >= 4 is 22.6 Å². The van der Waals surface area contributed by atoms with Crippen LogP contribution in [0.3, 0.4) is 0 Å². The van der Waals surface area contributed by atoms with E-state index < -0.39 is 10.8 Å². The first-order valence-electron chi connectivity index (χ1n) is 18.4. The zero-order valence-electron chi connectivity index (χ0n) is 31.1. The van der Waals surface area contributed by atoms with Crippen molar-refractivity contribution in [3.8, 4) is 22.9 Å². The monoisotopic (exact) mass is 730 g/mol. The van der Waals surface area contributed by atoms with E-state index >= 15 is 0 Å². The van der Waals surface area contributed by atoms with Gasteiger partial charge in [-0.25, -0.2) is 19.7 Å². The summed E-state index contributed by atoms with van der Waals surface area (Å²) in [6.07, 6.45) is 9.24. The Labute approximate surface area is 310 Å². The minimum atomic E-state index is -3.68. The lowest BCUT2D eigenvalue weighted by Crippen LogP contribution is -2.50. The minimum absolute atomic E-state index is 0. The van der Waals surface area contributed by atoms with Gasteiger partial charge in [0, 0.05) is 43.5 Å². The molecular formula is C40H54N6O5S. The topological polar surface area (TPSA) is 143 Å². The molecule has 0 aliphatic carbocycles. The molecule has 3 unspecified atom stereocenters. The Morgan fingerprint density at radius 2 is 1.73 bits per heavy atom. The smallest absolute Gasteiger partial charge is 0.254 e. The molecule has 280 valence electrons. The normalized spacial score (nSPS) is 21.0. The second-order valence-corrected chi connectivity index (χ2v) is 16.6. The number of nitrogens with zero attached hydrogens (tertiary/aromatic N) is 5. The van der Waals surface area contributed by atoms with Crippen molar-refractivity contribution in [1.29, 1.82) is 0 Å². The lowest BCUT2D eigenvalue weighted by atomic mass is 9.86. The molecule has 3 N–H and O–H groups in total. The zero-order chi connectivity index (χ0) is 37.0. The average Bonchev–Trinajstić information content (AvgIpc) is 3.25. The molecule has 2 aliphatic heterocycles. The van der Waals surface area contributed by atoms with Crippen molar-refractivity contribution in [1.82, 2.24) is 24.8 Å². The average molecular weight is 731 g/mol. The number of ether oxygens (including phenoxy) is 2. The highest BCUT2D eigenvalue weighted by Crippen LogP contribution is 2.48. The molecule has 1 amide bonds. The first kappa shape index (κ1) is 37.5. The SMILES string of the molecule is Cc1cccc(C)c1-c1cc2nc(n1)NS(O)(O)c1cccc(c1)C(=O)N1C(Cc3ncc(OC(C)C)cn3)CCCC(CCC(C)C)C1CCO2.[HH]. The number of carbonyl (C=O) groups excluding carboxylic acids is 1. The van der Waals surface area contributed by atoms with Crippen LogP contribution < -0.4 is 14.2 Å². The molecule has 4 heterocycles. The second kappa shape index (κ2) is 16.2. The fourth-order valence-electron chi connectivity index (χ4n) is 7.53. The van der Waals surface area contributed by atoms with Gasteiger partial charge in [0.15, 0.2) is 5.75 Å². The Kier molecular flexibility index (Phi) is 11.7. The highest BCUT2D eigenvalue weighted by Gasteiger charge is 2.39. The van der Waals surface area contributed by atoms with Crippen LogP contribution in [0, 0.1) is 25.7 Å². The maximum absolute atomic E-state index is 14.9. The number of nitrogens with one attached hydrogen (secondary N) is 1. The van der Waals surface area contributed by atoms with Gasteiger partial charge in [0.05, 0.1) is 35.7 Å². The summed E-state index contributed by atoms with van der Waals surface area (Å²) in [4.78, 5) is 35.7. The van der Waals surface area contributed by atoms with E-state index in [1.165, 1.54) is 0 Å². The van der Waals surface area contributed by atoms with Crippen molar-refractivity contribution in [2.45, 2.75) is 110 Å². The Morgan fingerprint density at radius 3 is 2.44 bits per heavy atom. The minimum Gasteiger partial charge on any atom is -0.488 e. The molecule has 4 aromatic rings. The van der Waals surface area contributed by atoms with Gasteiger partial charge in [-0.1, -0.05) is 61.7 Å². The largest absolute Gasteiger partial charge is 0.488 e. The lowest BCUT2D eigenvalue weighted by molar-refractivity contribution is 0.0444. The third-order valence-electron chi connectivity index (χ3n) is 9.97. The lowest BCUT2D eigenvalue weighted by Gasteiger charge is -2.40. The number of amides is 1. The number of aryl methyl sites for hydroxylation is 2. The molecule has 0 saturated carbocycles. The zero-order valence-corrected chi connectivity index (χ0v) is 31.9. The van der Waals surface area contributed by atoms with E-state index in [4.69, 9.17) is 14.5 Å². The number of hydrogen-bond donors (Lipinski definition) is 3. The van der Waals surface area contributed by atoms with Crippen LogP contribution in [0.5, 0.6) is 11.6 Å². The van der Waals surface area contributed by atoms with Gasteiger partial charge in [0.2, 0.25) is 11.8 Å². The number of rotatable bonds is 8. The second-order valence-electron chi connectivity index (χ2n) is 14.8. The van der Waals surface area contributed by atoms with Crippen LogP contribution in [0.2, 0.25) is 0 Å². The summed E-state index contributed by atoms with van der Waals surface area (Å²) in [5.74, 6) is 2.20. The van der Waals surface area contributed by atoms with E-state index in [-0.39, 0.29) is 42.3 Å². The van der Waals surface area contributed by atoms with Gasteiger partial charge in [-0.05, 0) is 88.1 Å². The molecule has 2 aromatic carbocycles. The third-order valence-corrected chi connectivity index (χ3v) is 11.4. The van der Waals surface area contributed by atoms with Gasteiger partial charge in [0.25, 0.3) is 5.91 Å². The van der Waals surface area contributed by atoms with Gasteiger partial charge in [-0.15, -0.1) is 0 Å². The van der Waals surface area contributed by atoms with Crippen LogP contribution in [-0.2, 0) is 6.42 Å². The van der Waals surface area contributed by atoms with Crippen molar-refractivity contribution in [2.75, 3.05) is 11.3 Å². The molecule has 0 radical (unpaired) electrons. The van der Waals surface area contributed by atoms with E-state index in [1.54, 1.807) is 42.7 Å². The summed E-state index contributed by atoms with van der Waals surface area (Å²) in [5.41, 5.74) is 3.99. The molecule has 1 fully saturated rings. The predicted molar refractivity (Wildman–Crippen MR) is 207 cm³/mol. The molecule has 52 heavy (non-hydrogen) atoms. The van der Waals surface area contributed by atoms with E-state index in [2.05, 4.69) is 33.5 Å². The first-order chi connectivity index (χ1) is 24.9.